The summed E-state index contributed by atoms with van der Waals surface area (Å²) in [6.45, 7) is 3.60. The van der Waals surface area contributed by atoms with Gasteiger partial charge in [-0.15, -0.1) is 0 Å². The Labute approximate surface area is 121 Å². The minimum absolute atomic E-state index is 0.739. The number of fused-ring (bicyclic) bond motifs is 1. The Morgan fingerprint density at radius 3 is 2.95 bits per heavy atom. The number of halogens is 1. The number of ether oxygens (including phenoxy) is 1. The molecule has 102 valence electrons. The smallest absolute Gasteiger partial charge is 0.133 e. The van der Waals surface area contributed by atoms with Gasteiger partial charge in [0.15, 0.2) is 0 Å². The second kappa shape index (κ2) is 6.21. The molecule has 0 aliphatic rings. The number of rotatable bonds is 5. The molecule has 4 nitrogen and oxygen atoms in total. The summed E-state index contributed by atoms with van der Waals surface area (Å²) < 4.78 is 5.96. The summed E-state index contributed by atoms with van der Waals surface area (Å²) >= 11 is 3.51. The fourth-order valence-corrected chi connectivity index (χ4v) is 2.63. The molecule has 0 radical (unpaired) electrons. The predicted octanol–water partition coefficient (Wildman–Crippen LogP) is 3.34. The molecule has 0 spiro atoms. The summed E-state index contributed by atoms with van der Waals surface area (Å²) in [6.07, 6.45) is 2.73. The highest BCUT2D eigenvalue weighted by atomic mass is 79.9. The molecule has 0 atom stereocenters. The molecule has 1 heterocycles. The number of anilines is 2. The van der Waals surface area contributed by atoms with E-state index in [2.05, 4.69) is 32.3 Å². The predicted molar refractivity (Wildman–Crippen MR) is 83.6 cm³/mol. The van der Waals surface area contributed by atoms with Gasteiger partial charge in [0.1, 0.15) is 5.82 Å². The molecular formula is C14H18BrN3O. The Kier molecular flexibility index (Phi) is 4.61. The van der Waals surface area contributed by atoms with Crippen LogP contribution in [0.1, 0.15) is 12.0 Å². The Bertz CT molecular complexity index is 586. The summed E-state index contributed by atoms with van der Waals surface area (Å²) in [4.78, 5) is 4.43. The van der Waals surface area contributed by atoms with Crippen molar-refractivity contribution in [3.8, 4) is 0 Å². The average Bonchev–Trinajstić information content (AvgIpc) is 2.36. The first-order valence-corrected chi connectivity index (χ1v) is 7.00. The fourth-order valence-electron chi connectivity index (χ4n) is 2.09. The van der Waals surface area contributed by atoms with Crippen molar-refractivity contribution in [2.24, 2.45) is 0 Å². The molecule has 0 aliphatic carbocycles. The second-order valence-electron chi connectivity index (χ2n) is 4.50. The zero-order valence-corrected chi connectivity index (χ0v) is 12.8. The van der Waals surface area contributed by atoms with Gasteiger partial charge in [0, 0.05) is 47.4 Å². The summed E-state index contributed by atoms with van der Waals surface area (Å²) in [5.74, 6) is 0.865. The van der Waals surface area contributed by atoms with E-state index >= 15 is 0 Å². The van der Waals surface area contributed by atoms with E-state index in [-0.39, 0.29) is 0 Å². The van der Waals surface area contributed by atoms with E-state index in [9.17, 15) is 0 Å². The van der Waals surface area contributed by atoms with Crippen LogP contribution in [-0.2, 0) is 4.74 Å². The van der Waals surface area contributed by atoms with Gasteiger partial charge < -0.3 is 15.8 Å². The standard InChI is InChI=1S/C14H18BrN3O/c1-9-6-10-13(12(16)7-9)11(15)8-18-14(10)17-4-3-5-19-2/h6-8H,3-5,16H2,1-2H3,(H,17,18). The van der Waals surface area contributed by atoms with Crippen molar-refractivity contribution in [1.82, 2.24) is 4.98 Å². The monoisotopic (exact) mass is 323 g/mol. The van der Waals surface area contributed by atoms with Crippen LogP contribution in [0, 0.1) is 6.92 Å². The largest absolute Gasteiger partial charge is 0.398 e. The van der Waals surface area contributed by atoms with E-state index in [4.69, 9.17) is 10.5 Å². The van der Waals surface area contributed by atoms with Crippen molar-refractivity contribution in [3.05, 3.63) is 28.4 Å². The molecule has 2 aromatic rings. The van der Waals surface area contributed by atoms with Crippen molar-refractivity contribution in [1.29, 1.82) is 0 Å². The Morgan fingerprint density at radius 2 is 2.21 bits per heavy atom. The summed E-state index contributed by atoms with van der Waals surface area (Å²) in [6, 6.07) is 4.07. The van der Waals surface area contributed by atoms with Crippen LogP contribution >= 0.6 is 15.9 Å². The number of hydrogen-bond acceptors (Lipinski definition) is 4. The first-order chi connectivity index (χ1) is 9.13. The minimum Gasteiger partial charge on any atom is -0.398 e. The number of nitrogens with one attached hydrogen (secondary N) is 1. The molecule has 2 rings (SSSR count). The molecule has 5 heteroatoms. The van der Waals surface area contributed by atoms with Gasteiger partial charge >= 0.3 is 0 Å². The quantitative estimate of drug-likeness (QED) is 0.654. The highest BCUT2D eigenvalue weighted by molar-refractivity contribution is 9.10. The van der Waals surface area contributed by atoms with E-state index in [1.165, 1.54) is 0 Å². The molecule has 0 unspecified atom stereocenters. The number of aryl methyl sites for hydroxylation is 1. The van der Waals surface area contributed by atoms with Gasteiger partial charge in [-0.2, -0.15) is 0 Å². The molecular weight excluding hydrogens is 306 g/mol. The molecule has 3 N–H and O–H groups in total. The first-order valence-electron chi connectivity index (χ1n) is 6.20. The van der Waals surface area contributed by atoms with Crippen molar-refractivity contribution in [3.63, 3.8) is 0 Å². The van der Waals surface area contributed by atoms with E-state index in [1.54, 1.807) is 13.3 Å². The lowest BCUT2D eigenvalue weighted by Gasteiger charge is -2.12. The number of methoxy groups -OCH3 is 1. The van der Waals surface area contributed by atoms with E-state index in [0.29, 0.717) is 0 Å². The van der Waals surface area contributed by atoms with Crippen LogP contribution in [0.15, 0.2) is 22.8 Å². The molecule has 1 aromatic heterocycles. The minimum atomic E-state index is 0.739. The van der Waals surface area contributed by atoms with Crippen LogP contribution < -0.4 is 11.1 Å². The van der Waals surface area contributed by atoms with Gasteiger partial charge in [0.25, 0.3) is 0 Å². The van der Waals surface area contributed by atoms with Crippen molar-refractivity contribution >= 4 is 38.2 Å². The van der Waals surface area contributed by atoms with Crippen molar-refractivity contribution < 1.29 is 4.74 Å². The highest BCUT2D eigenvalue weighted by Crippen LogP contribution is 2.33. The van der Waals surface area contributed by atoms with Crippen LogP contribution in [0.4, 0.5) is 11.5 Å². The molecule has 0 fully saturated rings. The number of nitrogens with two attached hydrogens (primary N) is 1. The Hall–Kier alpha value is -1.33. The number of nitrogens with zero attached hydrogens (tertiary/aromatic N) is 1. The normalized spacial score (nSPS) is 10.9. The van der Waals surface area contributed by atoms with Gasteiger partial charge in [-0.05, 0) is 47.0 Å². The molecule has 19 heavy (non-hydrogen) atoms. The lowest BCUT2D eigenvalue weighted by molar-refractivity contribution is 0.198. The second-order valence-corrected chi connectivity index (χ2v) is 5.36. The third-order valence-corrected chi connectivity index (χ3v) is 3.53. The number of aromatic nitrogens is 1. The van der Waals surface area contributed by atoms with Crippen LogP contribution in [-0.4, -0.2) is 25.2 Å². The number of nitrogen functional groups attached to an aromatic ring is 1. The molecule has 0 aliphatic heterocycles. The van der Waals surface area contributed by atoms with Gasteiger partial charge in [0.05, 0.1) is 0 Å². The fraction of sp³-hybridized carbons (Fsp3) is 0.357. The van der Waals surface area contributed by atoms with Crippen LogP contribution in [0.2, 0.25) is 0 Å². The van der Waals surface area contributed by atoms with Gasteiger partial charge in [-0.3, -0.25) is 0 Å². The molecule has 1 aromatic carbocycles. The molecule has 0 saturated heterocycles. The highest BCUT2D eigenvalue weighted by Gasteiger charge is 2.09. The molecule has 0 amide bonds. The van der Waals surface area contributed by atoms with E-state index < -0.39 is 0 Å². The maximum Gasteiger partial charge on any atom is 0.133 e. The zero-order chi connectivity index (χ0) is 13.8. The Balaban J connectivity index is 2.36. The first kappa shape index (κ1) is 14.1. The zero-order valence-electron chi connectivity index (χ0n) is 11.2. The van der Waals surface area contributed by atoms with Crippen LogP contribution in [0.25, 0.3) is 10.8 Å². The van der Waals surface area contributed by atoms with Crippen LogP contribution in [0.5, 0.6) is 0 Å². The summed E-state index contributed by atoms with van der Waals surface area (Å²) in [7, 11) is 1.71. The number of hydrogen-bond donors (Lipinski definition) is 2. The van der Waals surface area contributed by atoms with E-state index in [0.717, 1.165) is 51.9 Å². The number of benzene rings is 1. The molecule has 0 bridgehead atoms. The maximum atomic E-state index is 6.10. The summed E-state index contributed by atoms with van der Waals surface area (Å²) in [5.41, 5.74) is 7.99. The third kappa shape index (κ3) is 3.16. The SMILES string of the molecule is COCCCNc1ncc(Br)c2c(N)cc(C)cc12. The van der Waals surface area contributed by atoms with Crippen molar-refractivity contribution in [2.45, 2.75) is 13.3 Å². The molecule has 0 saturated carbocycles. The van der Waals surface area contributed by atoms with E-state index in [1.807, 2.05) is 13.0 Å². The number of pyridine rings is 1. The van der Waals surface area contributed by atoms with Crippen molar-refractivity contribution in [2.75, 3.05) is 31.3 Å². The van der Waals surface area contributed by atoms with Gasteiger partial charge in [0.2, 0.25) is 0 Å². The van der Waals surface area contributed by atoms with Gasteiger partial charge in [-0.1, -0.05) is 0 Å². The summed E-state index contributed by atoms with van der Waals surface area (Å²) in [5, 5.41) is 5.39. The Morgan fingerprint density at radius 1 is 1.42 bits per heavy atom. The maximum absolute atomic E-state index is 6.10. The topological polar surface area (TPSA) is 60.2 Å². The van der Waals surface area contributed by atoms with Crippen LogP contribution in [0.3, 0.4) is 0 Å². The third-order valence-electron chi connectivity index (χ3n) is 2.93. The lowest BCUT2D eigenvalue weighted by Crippen LogP contribution is -2.07. The average molecular weight is 324 g/mol. The van der Waals surface area contributed by atoms with Gasteiger partial charge in [-0.25, -0.2) is 4.98 Å². The lowest BCUT2D eigenvalue weighted by atomic mass is 10.1.